The van der Waals surface area contributed by atoms with Crippen LogP contribution in [0.5, 0.6) is 0 Å². The number of aliphatic hydroxyl groups is 2. The first-order chi connectivity index (χ1) is 14.5. The van der Waals surface area contributed by atoms with Crippen LogP contribution in [-0.2, 0) is 19.3 Å². The summed E-state index contributed by atoms with van der Waals surface area (Å²) in [6, 6.07) is 14.7. The van der Waals surface area contributed by atoms with Gasteiger partial charge in [-0.1, -0.05) is 48.9 Å². The Morgan fingerprint density at radius 2 is 1.63 bits per heavy atom. The summed E-state index contributed by atoms with van der Waals surface area (Å²) in [5, 5.41) is 21.4. The van der Waals surface area contributed by atoms with Gasteiger partial charge in [0.05, 0.1) is 12.2 Å². The molecular weight excluding hydrogens is 395 g/mol. The second-order valence-corrected chi connectivity index (χ2v) is 10.2. The first-order valence-electron chi connectivity index (χ1n) is 11.2. The molecule has 30 heavy (non-hydrogen) atoms. The van der Waals surface area contributed by atoms with Gasteiger partial charge in [-0.15, -0.1) is 0 Å². The number of fused-ring (bicyclic) bond motifs is 1. The number of hydrogen-bond donors (Lipinski definition) is 4. The highest BCUT2D eigenvalue weighted by molar-refractivity contribution is 7.45. The van der Waals surface area contributed by atoms with Crippen molar-refractivity contribution in [1.29, 1.82) is 0 Å². The van der Waals surface area contributed by atoms with E-state index < -0.39 is 8.38 Å². The van der Waals surface area contributed by atoms with Crippen molar-refractivity contribution in [2.45, 2.75) is 69.5 Å². The van der Waals surface area contributed by atoms with Crippen molar-refractivity contribution < 1.29 is 20.0 Å². The lowest BCUT2D eigenvalue weighted by Gasteiger charge is -2.26. The molecule has 0 aromatic heterocycles. The third kappa shape index (κ3) is 4.95. The van der Waals surface area contributed by atoms with Crippen molar-refractivity contribution in [1.82, 2.24) is 0 Å². The molecule has 4 N–H and O–H groups in total. The van der Waals surface area contributed by atoms with Crippen LogP contribution in [0, 0.1) is 5.92 Å². The molecule has 4 rings (SSSR count). The Morgan fingerprint density at radius 1 is 0.867 bits per heavy atom. The summed E-state index contributed by atoms with van der Waals surface area (Å²) < 4.78 is 0. The maximum absolute atomic E-state index is 10.8. The summed E-state index contributed by atoms with van der Waals surface area (Å²) >= 11 is 0. The first-order valence-corrected chi connectivity index (χ1v) is 12.7. The largest absolute Gasteiger partial charge is 0.393 e. The van der Waals surface area contributed by atoms with Gasteiger partial charge in [-0.2, -0.15) is 0 Å². The van der Waals surface area contributed by atoms with Crippen molar-refractivity contribution >= 4 is 8.38 Å². The summed E-state index contributed by atoms with van der Waals surface area (Å²) in [5.41, 5.74) is 6.06. The molecule has 0 radical (unpaired) electrons. The molecule has 0 saturated heterocycles. The van der Waals surface area contributed by atoms with Gasteiger partial charge in [0.1, 0.15) is 0 Å². The predicted octanol–water partition coefficient (Wildman–Crippen LogP) is 4.38. The lowest BCUT2D eigenvalue weighted by molar-refractivity contribution is 0.127. The number of rotatable bonds is 6. The first kappa shape index (κ1) is 21.9. The second-order valence-electron chi connectivity index (χ2n) is 8.96. The van der Waals surface area contributed by atoms with E-state index in [1.54, 1.807) is 0 Å². The molecule has 0 aliphatic heterocycles. The average molecular weight is 429 g/mol. The molecule has 2 aliphatic carbocycles. The van der Waals surface area contributed by atoms with Crippen molar-refractivity contribution in [3.05, 3.63) is 70.3 Å². The van der Waals surface area contributed by atoms with E-state index in [-0.39, 0.29) is 18.1 Å². The third-order valence-electron chi connectivity index (χ3n) is 7.01. The molecule has 4 unspecified atom stereocenters. The Kier molecular flexibility index (Phi) is 7.23. The monoisotopic (exact) mass is 428 g/mol. The van der Waals surface area contributed by atoms with Gasteiger partial charge in [0.15, 0.2) is 8.38 Å². The Balaban J connectivity index is 1.58. The smallest absolute Gasteiger partial charge is 0.165 e. The van der Waals surface area contributed by atoms with Crippen LogP contribution in [0.1, 0.15) is 71.9 Å². The molecule has 2 aromatic carbocycles. The Morgan fingerprint density at radius 3 is 2.47 bits per heavy atom. The highest BCUT2D eigenvalue weighted by Crippen LogP contribution is 2.45. The zero-order chi connectivity index (χ0) is 21.1. The van der Waals surface area contributed by atoms with Crippen LogP contribution < -0.4 is 0 Å². The van der Waals surface area contributed by atoms with Crippen LogP contribution in [0.25, 0.3) is 0 Å². The van der Waals surface area contributed by atoms with E-state index in [0.29, 0.717) is 18.5 Å². The molecule has 0 amide bonds. The van der Waals surface area contributed by atoms with Gasteiger partial charge >= 0.3 is 0 Å². The van der Waals surface area contributed by atoms with Crippen LogP contribution in [0.2, 0.25) is 0 Å². The zero-order valence-corrected chi connectivity index (χ0v) is 18.3. The van der Waals surface area contributed by atoms with Crippen molar-refractivity contribution in [3.8, 4) is 0 Å². The molecule has 5 heteroatoms. The number of hydrogen-bond acceptors (Lipinski definition) is 4. The zero-order valence-electron chi connectivity index (χ0n) is 17.5. The van der Waals surface area contributed by atoms with Crippen LogP contribution in [0.15, 0.2) is 42.5 Å². The quantitative estimate of drug-likeness (QED) is 0.407. The normalized spacial score (nSPS) is 26.6. The van der Waals surface area contributed by atoms with Crippen molar-refractivity contribution in [2.75, 3.05) is 6.16 Å². The van der Waals surface area contributed by atoms with Crippen molar-refractivity contribution in [3.63, 3.8) is 0 Å². The standard InChI is InChI=1S/C25H33O4P/c26-24-10-2-1-7-20-19(8-4-9-22(20)24)21-11-12-25(27)23(21)16-18-6-3-5-17(15-18)13-14-30(28)29/h3-6,8-9,15,21,23-29H,1-2,7,10-14,16H2. The second kappa shape index (κ2) is 9.89. The SMILES string of the molecule is OC1CCCCc2c1cccc2C1CCC(O)C1Cc1cccc(CCP(O)O)c1. The molecule has 2 aromatic rings. The lowest BCUT2D eigenvalue weighted by Crippen LogP contribution is -2.22. The van der Waals surface area contributed by atoms with Crippen LogP contribution in [-0.4, -0.2) is 32.3 Å². The Labute approximate surface area is 180 Å². The minimum atomic E-state index is -1.86. The fourth-order valence-corrected chi connectivity index (χ4v) is 5.95. The van der Waals surface area contributed by atoms with E-state index >= 15 is 0 Å². The minimum Gasteiger partial charge on any atom is -0.393 e. The fraction of sp³-hybridized carbons (Fsp3) is 0.520. The van der Waals surface area contributed by atoms with Crippen LogP contribution in [0.3, 0.4) is 0 Å². The summed E-state index contributed by atoms with van der Waals surface area (Å²) in [5.74, 6) is 0.478. The van der Waals surface area contributed by atoms with Crippen LogP contribution in [0.4, 0.5) is 0 Å². The molecule has 1 fully saturated rings. The topological polar surface area (TPSA) is 80.9 Å². The predicted molar refractivity (Wildman–Crippen MR) is 121 cm³/mol. The Hall–Kier alpha value is -1.29. The molecule has 1 saturated carbocycles. The molecule has 4 nitrogen and oxygen atoms in total. The van der Waals surface area contributed by atoms with Crippen LogP contribution >= 0.6 is 8.38 Å². The highest BCUT2D eigenvalue weighted by Gasteiger charge is 2.37. The Bertz CT molecular complexity index is 853. The average Bonchev–Trinajstić information content (AvgIpc) is 2.97. The molecule has 0 spiro atoms. The summed E-state index contributed by atoms with van der Waals surface area (Å²) in [6.45, 7) is 0. The van der Waals surface area contributed by atoms with E-state index in [1.165, 1.54) is 16.7 Å². The molecule has 0 heterocycles. The van der Waals surface area contributed by atoms with E-state index in [1.807, 2.05) is 12.1 Å². The van der Waals surface area contributed by atoms with E-state index in [0.717, 1.165) is 56.1 Å². The molecule has 162 valence electrons. The molecule has 4 atom stereocenters. The van der Waals surface area contributed by atoms with Gasteiger partial charge < -0.3 is 20.0 Å². The van der Waals surface area contributed by atoms with Gasteiger partial charge in [-0.3, -0.25) is 0 Å². The lowest BCUT2D eigenvalue weighted by atomic mass is 9.80. The maximum Gasteiger partial charge on any atom is 0.165 e. The van der Waals surface area contributed by atoms with Gasteiger partial charge in [0.2, 0.25) is 0 Å². The van der Waals surface area contributed by atoms with Gasteiger partial charge in [-0.25, -0.2) is 0 Å². The molecular formula is C25H33O4P. The minimum absolute atomic E-state index is 0.167. The van der Waals surface area contributed by atoms with Gasteiger partial charge in [0.25, 0.3) is 0 Å². The fourth-order valence-electron chi connectivity index (χ4n) is 5.49. The number of aliphatic hydroxyl groups excluding tert-OH is 2. The molecule has 2 aliphatic rings. The summed E-state index contributed by atoms with van der Waals surface area (Å²) in [6.07, 6.45) is 7.02. The maximum atomic E-state index is 10.8. The van der Waals surface area contributed by atoms with Gasteiger partial charge in [0, 0.05) is 6.16 Å². The number of aryl methyl sites for hydroxylation is 1. The van der Waals surface area contributed by atoms with E-state index in [2.05, 4.69) is 30.3 Å². The molecule has 0 bridgehead atoms. The summed E-state index contributed by atoms with van der Waals surface area (Å²) in [4.78, 5) is 18.4. The van der Waals surface area contributed by atoms with E-state index in [4.69, 9.17) is 0 Å². The van der Waals surface area contributed by atoms with Gasteiger partial charge in [-0.05, 0) is 84.6 Å². The highest BCUT2D eigenvalue weighted by atomic mass is 31.2. The third-order valence-corrected chi connectivity index (χ3v) is 7.63. The summed E-state index contributed by atoms with van der Waals surface area (Å²) in [7, 11) is -1.86. The van der Waals surface area contributed by atoms with E-state index in [9.17, 15) is 20.0 Å². The van der Waals surface area contributed by atoms with Crippen molar-refractivity contribution in [2.24, 2.45) is 5.92 Å². The number of benzene rings is 2.